The number of hydrogen-bond donors (Lipinski definition) is 0. The highest BCUT2D eigenvalue weighted by molar-refractivity contribution is 7.07. The van der Waals surface area contributed by atoms with Crippen LogP contribution in [0, 0.1) is 6.92 Å². The molecule has 0 saturated heterocycles. The fraction of sp³-hybridized carbons (Fsp3) is 0.208. The number of allylic oxidation sites excluding steroid dienone is 1. The molecule has 0 aliphatic carbocycles. The Hall–Kier alpha value is -3.65. The summed E-state index contributed by atoms with van der Waals surface area (Å²) >= 11 is 1.29. The summed E-state index contributed by atoms with van der Waals surface area (Å²) in [5, 5.41) is 0. The van der Waals surface area contributed by atoms with Crippen molar-refractivity contribution in [2.75, 3.05) is 13.9 Å². The van der Waals surface area contributed by atoms with Crippen molar-refractivity contribution in [3.8, 4) is 11.5 Å². The Morgan fingerprint density at radius 3 is 2.66 bits per heavy atom. The van der Waals surface area contributed by atoms with Gasteiger partial charge in [-0.3, -0.25) is 9.36 Å². The highest BCUT2D eigenvalue weighted by Gasteiger charge is 2.33. The third kappa shape index (κ3) is 3.33. The first-order valence-electron chi connectivity index (χ1n) is 10.0. The lowest BCUT2D eigenvalue weighted by atomic mass is 9.95. The van der Waals surface area contributed by atoms with E-state index in [1.807, 2.05) is 49.4 Å². The average Bonchev–Trinajstić information content (AvgIpc) is 3.37. The van der Waals surface area contributed by atoms with Gasteiger partial charge < -0.3 is 14.2 Å². The van der Waals surface area contributed by atoms with E-state index in [1.54, 1.807) is 17.6 Å². The van der Waals surface area contributed by atoms with Crippen LogP contribution in [0.25, 0.3) is 6.08 Å². The maximum Gasteiger partial charge on any atom is 0.338 e. The van der Waals surface area contributed by atoms with Crippen LogP contribution in [0.15, 0.2) is 63.5 Å². The zero-order valence-electron chi connectivity index (χ0n) is 17.7. The number of aromatic nitrogens is 1. The molecule has 3 aromatic rings. The lowest BCUT2D eigenvalue weighted by Crippen LogP contribution is -2.39. The predicted molar refractivity (Wildman–Crippen MR) is 120 cm³/mol. The first kappa shape index (κ1) is 20.3. The first-order chi connectivity index (χ1) is 15.5. The quantitative estimate of drug-likeness (QED) is 0.575. The van der Waals surface area contributed by atoms with Crippen LogP contribution in [-0.4, -0.2) is 24.4 Å². The number of fused-ring (bicyclic) bond motifs is 2. The summed E-state index contributed by atoms with van der Waals surface area (Å²) < 4.78 is 17.9. The van der Waals surface area contributed by atoms with Gasteiger partial charge in [-0.05, 0) is 43.2 Å². The zero-order valence-corrected chi connectivity index (χ0v) is 18.6. The summed E-state index contributed by atoms with van der Waals surface area (Å²) in [4.78, 5) is 31.3. The molecular weight excluding hydrogens is 428 g/mol. The largest absolute Gasteiger partial charge is 0.466 e. The maximum atomic E-state index is 13.5. The van der Waals surface area contributed by atoms with Gasteiger partial charge in [0.1, 0.15) is 0 Å². The molecule has 7 nitrogen and oxygen atoms in total. The van der Waals surface area contributed by atoms with Gasteiger partial charge in [-0.1, -0.05) is 47.2 Å². The number of carbonyl (C=O) groups is 1. The van der Waals surface area contributed by atoms with Crippen LogP contribution in [0.3, 0.4) is 0 Å². The molecule has 0 spiro atoms. The molecule has 0 N–H and O–H groups in total. The monoisotopic (exact) mass is 448 g/mol. The number of thiazole rings is 1. The Kier molecular flexibility index (Phi) is 4.94. The van der Waals surface area contributed by atoms with Crippen LogP contribution >= 0.6 is 11.3 Å². The molecule has 0 bridgehead atoms. The Morgan fingerprint density at radius 1 is 1.16 bits per heavy atom. The number of benzene rings is 2. The third-order valence-electron chi connectivity index (χ3n) is 5.51. The standard InChI is InChI=1S/C24H20N2O5S/c1-13-4-7-16(8-5-13)21-20(23(28)29-3)14(2)25-24-26(21)22(27)19(32-24)11-15-6-9-17-18(10-15)31-12-30-17/h4-11,21H,12H2,1-3H3/b19-11+/t21-/m1/s1. The number of methoxy groups -OCH3 is 1. The van der Waals surface area contributed by atoms with E-state index in [4.69, 9.17) is 14.2 Å². The second-order valence-corrected chi connectivity index (χ2v) is 8.61. The van der Waals surface area contributed by atoms with Gasteiger partial charge in [0.15, 0.2) is 16.3 Å². The van der Waals surface area contributed by atoms with E-state index in [-0.39, 0.29) is 12.4 Å². The maximum absolute atomic E-state index is 13.5. The molecule has 3 heterocycles. The van der Waals surface area contributed by atoms with Crippen LogP contribution < -0.4 is 24.4 Å². The molecule has 162 valence electrons. The van der Waals surface area contributed by atoms with Crippen LogP contribution in [0.1, 0.15) is 29.7 Å². The molecule has 0 fully saturated rings. The second kappa shape index (κ2) is 7.80. The topological polar surface area (TPSA) is 79.1 Å². The van der Waals surface area contributed by atoms with Gasteiger partial charge in [0.05, 0.1) is 29.0 Å². The molecule has 1 aromatic heterocycles. The van der Waals surface area contributed by atoms with E-state index in [9.17, 15) is 9.59 Å². The molecule has 32 heavy (non-hydrogen) atoms. The van der Waals surface area contributed by atoms with E-state index in [0.717, 1.165) is 16.7 Å². The van der Waals surface area contributed by atoms with E-state index < -0.39 is 12.0 Å². The van der Waals surface area contributed by atoms with Crippen molar-refractivity contribution in [2.45, 2.75) is 19.9 Å². The van der Waals surface area contributed by atoms with E-state index in [2.05, 4.69) is 4.99 Å². The van der Waals surface area contributed by atoms with Crippen molar-refractivity contribution in [3.63, 3.8) is 0 Å². The molecular formula is C24H20N2O5S. The number of esters is 1. The number of aryl methyl sites for hydroxylation is 1. The van der Waals surface area contributed by atoms with E-state index in [1.165, 1.54) is 18.4 Å². The highest BCUT2D eigenvalue weighted by atomic mass is 32.1. The van der Waals surface area contributed by atoms with Gasteiger partial charge in [-0.15, -0.1) is 0 Å². The van der Waals surface area contributed by atoms with Crippen molar-refractivity contribution in [1.29, 1.82) is 0 Å². The summed E-state index contributed by atoms with van der Waals surface area (Å²) in [5.41, 5.74) is 3.41. The van der Waals surface area contributed by atoms with Crippen LogP contribution in [0.2, 0.25) is 0 Å². The molecule has 2 aliphatic rings. The average molecular weight is 449 g/mol. The summed E-state index contributed by atoms with van der Waals surface area (Å²) in [6.45, 7) is 3.94. The minimum absolute atomic E-state index is 0.188. The summed E-state index contributed by atoms with van der Waals surface area (Å²) in [7, 11) is 1.33. The minimum atomic E-state index is -0.613. The fourth-order valence-electron chi connectivity index (χ4n) is 3.91. The number of carbonyl (C=O) groups excluding carboxylic acids is 1. The van der Waals surface area contributed by atoms with Gasteiger partial charge >= 0.3 is 5.97 Å². The van der Waals surface area contributed by atoms with Gasteiger partial charge in [0.25, 0.3) is 5.56 Å². The van der Waals surface area contributed by atoms with Crippen molar-refractivity contribution in [1.82, 2.24) is 4.57 Å². The van der Waals surface area contributed by atoms with Crippen molar-refractivity contribution in [3.05, 3.63) is 90.1 Å². The lowest BCUT2D eigenvalue weighted by Gasteiger charge is -2.24. The Labute approximate surface area is 187 Å². The normalized spacial score (nSPS) is 17.2. The summed E-state index contributed by atoms with van der Waals surface area (Å²) in [5.74, 6) is 0.830. The van der Waals surface area contributed by atoms with Crippen molar-refractivity contribution in [2.24, 2.45) is 4.99 Å². The van der Waals surface area contributed by atoms with Gasteiger partial charge in [-0.25, -0.2) is 9.79 Å². The molecule has 0 radical (unpaired) electrons. The molecule has 8 heteroatoms. The summed E-state index contributed by atoms with van der Waals surface area (Å²) in [6, 6.07) is 12.7. The predicted octanol–water partition coefficient (Wildman–Crippen LogP) is 2.45. The van der Waals surface area contributed by atoms with Gasteiger partial charge in [-0.2, -0.15) is 0 Å². The minimum Gasteiger partial charge on any atom is -0.466 e. The third-order valence-corrected chi connectivity index (χ3v) is 6.50. The van der Waals surface area contributed by atoms with Crippen LogP contribution in [0.5, 0.6) is 11.5 Å². The van der Waals surface area contributed by atoms with Crippen LogP contribution in [-0.2, 0) is 9.53 Å². The molecule has 2 aliphatic heterocycles. The zero-order chi connectivity index (χ0) is 22.4. The Bertz CT molecular complexity index is 1450. The van der Waals surface area contributed by atoms with Crippen molar-refractivity contribution >= 4 is 23.4 Å². The molecule has 0 saturated carbocycles. The smallest absolute Gasteiger partial charge is 0.338 e. The van der Waals surface area contributed by atoms with Crippen molar-refractivity contribution < 1.29 is 19.0 Å². The molecule has 1 atom stereocenters. The van der Waals surface area contributed by atoms with E-state index in [0.29, 0.717) is 32.1 Å². The Morgan fingerprint density at radius 2 is 1.91 bits per heavy atom. The van der Waals surface area contributed by atoms with Crippen LogP contribution in [0.4, 0.5) is 0 Å². The Balaban J connectivity index is 1.70. The molecule has 0 amide bonds. The number of hydrogen-bond acceptors (Lipinski definition) is 7. The van der Waals surface area contributed by atoms with Gasteiger partial charge in [0, 0.05) is 0 Å². The second-order valence-electron chi connectivity index (χ2n) is 7.60. The molecule has 0 unspecified atom stereocenters. The van der Waals surface area contributed by atoms with E-state index >= 15 is 0 Å². The molecule has 5 rings (SSSR count). The number of nitrogens with zero attached hydrogens (tertiary/aromatic N) is 2. The fourth-order valence-corrected chi connectivity index (χ4v) is 4.96. The first-order valence-corrected chi connectivity index (χ1v) is 10.8. The lowest BCUT2D eigenvalue weighted by molar-refractivity contribution is -0.136. The summed E-state index contributed by atoms with van der Waals surface area (Å²) in [6.07, 6.45) is 1.80. The SMILES string of the molecule is COC(=O)C1=C(C)N=c2s/c(=C/c3ccc4c(c3)OCO4)c(=O)n2[C@@H]1c1ccc(C)cc1. The van der Waals surface area contributed by atoms with Gasteiger partial charge in [0.2, 0.25) is 6.79 Å². The number of ether oxygens (including phenoxy) is 3. The highest BCUT2D eigenvalue weighted by Crippen LogP contribution is 2.33. The molecule has 2 aromatic carbocycles. The number of rotatable bonds is 3.